The maximum atomic E-state index is 2.73. The molecule has 0 spiro atoms. The molecule has 1 heteroatoms. The fourth-order valence-electron chi connectivity index (χ4n) is 5.06. The Kier molecular flexibility index (Phi) is 1.81. The maximum Gasteiger partial charge on any atom is 0.0149 e. The van der Waals surface area contributed by atoms with Gasteiger partial charge < -0.3 is 0 Å². The molecule has 6 atom stereocenters. The second kappa shape index (κ2) is 2.75. The Morgan fingerprint density at radius 2 is 1.93 bits per heavy atom. The van der Waals surface area contributed by atoms with Gasteiger partial charge in [-0.15, -0.1) is 0 Å². The molecule has 0 amide bonds. The lowest BCUT2D eigenvalue weighted by Crippen LogP contribution is -2.57. The van der Waals surface area contributed by atoms with E-state index in [1.54, 1.807) is 6.42 Å². The average molecular weight is 193 g/mol. The Labute approximate surface area is 87.9 Å². The van der Waals surface area contributed by atoms with Crippen molar-refractivity contribution in [1.29, 1.82) is 0 Å². The van der Waals surface area contributed by atoms with Crippen LogP contribution in [0.3, 0.4) is 0 Å². The highest BCUT2D eigenvalue weighted by Crippen LogP contribution is 2.61. The van der Waals surface area contributed by atoms with Gasteiger partial charge in [-0.1, -0.05) is 20.8 Å². The second-order valence-electron chi connectivity index (χ2n) is 6.30. The third-order valence-corrected chi connectivity index (χ3v) is 5.49. The van der Waals surface area contributed by atoms with Crippen molar-refractivity contribution in [2.24, 2.45) is 29.6 Å². The van der Waals surface area contributed by atoms with Crippen molar-refractivity contribution >= 4 is 0 Å². The van der Waals surface area contributed by atoms with Gasteiger partial charge >= 0.3 is 0 Å². The molecule has 1 aliphatic heterocycles. The predicted molar refractivity (Wildman–Crippen MR) is 59.0 cm³/mol. The van der Waals surface area contributed by atoms with Crippen LogP contribution in [-0.2, 0) is 0 Å². The predicted octanol–water partition coefficient (Wildman–Crippen LogP) is 2.62. The van der Waals surface area contributed by atoms with E-state index in [1.165, 1.54) is 6.42 Å². The van der Waals surface area contributed by atoms with Gasteiger partial charge in [0.25, 0.3) is 0 Å². The third-order valence-electron chi connectivity index (χ3n) is 5.49. The average Bonchev–Trinajstić information content (AvgIpc) is 2.21. The van der Waals surface area contributed by atoms with E-state index in [0.717, 1.165) is 41.7 Å². The van der Waals surface area contributed by atoms with E-state index in [4.69, 9.17) is 0 Å². The fourth-order valence-corrected chi connectivity index (χ4v) is 5.06. The molecule has 0 N–H and O–H groups in total. The fraction of sp³-hybridized carbons (Fsp3) is 1.00. The lowest BCUT2D eigenvalue weighted by Gasteiger charge is -2.54. The summed E-state index contributed by atoms with van der Waals surface area (Å²) in [6.45, 7) is 7.31. The van der Waals surface area contributed by atoms with Gasteiger partial charge in [-0.2, -0.15) is 0 Å². The van der Waals surface area contributed by atoms with Crippen molar-refractivity contribution in [2.75, 3.05) is 7.05 Å². The summed E-state index contributed by atoms with van der Waals surface area (Å²) in [5, 5.41) is 0. The van der Waals surface area contributed by atoms with Crippen molar-refractivity contribution in [2.45, 2.75) is 45.7 Å². The van der Waals surface area contributed by atoms with E-state index in [1.807, 2.05) is 0 Å². The molecule has 0 aromatic heterocycles. The van der Waals surface area contributed by atoms with Crippen molar-refractivity contribution < 1.29 is 0 Å². The topological polar surface area (TPSA) is 3.24 Å². The largest absolute Gasteiger partial charge is 0.300 e. The molecule has 1 heterocycles. The first-order valence-electron chi connectivity index (χ1n) is 6.33. The van der Waals surface area contributed by atoms with Gasteiger partial charge in [0.15, 0.2) is 0 Å². The smallest absolute Gasteiger partial charge is 0.0149 e. The van der Waals surface area contributed by atoms with E-state index in [9.17, 15) is 0 Å². The molecule has 3 fully saturated rings. The van der Waals surface area contributed by atoms with E-state index < -0.39 is 0 Å². The Hall–Kier alpha value is -0.0400. The third kappa shape index (κ3) is 0.900. The first-order chi connectivity index (χ1) is 6.61. The highest BCUT2D eigenvalue weighted by molar-refractivity contribution is 5.12. The molecule has 3 rings (SSSR count). The van der Waals surface area contributed by atoms with Crippen molar-refractivity contribution in [3.05, 3.63) is 0 Å². The zero-order valence-electron chi connectivity index (χ0n) is 9.90. The number of nitrogens with zero attached hydrogens (tertiary/aromatic N) is 1. The molecule has 1 saturated heterocycles. The summed E-state index contributed by atoms with van der Waals surface area (Å²) in [5.74, 6) is 5.08. The Morgan fingerprint density at radius 3 is 2.57 bits per heavy atom. The van der Waals surface area contributed by atoms with Crippen LogP contribution < -0.4 is 0 Å². The van der Waals surface area contributed by atoms with Crippen LogP contribution in [0.15, 0.2) is 0 Å². The summed E-state index contributed by atoms with van der Waals surface area (Å²) >= 11 is 0. The molecule has 0 aromatic carbocycles. The van der Waals surface area contributed by atoms with E-state index in [0.29, 0.717) is 0 Å². The number of likely N-dealkylation sites (tertiary alicyclic amines) is 1. The van der Waals surface area contributed by atoms with Crippen LogP contribution in [0.1, 0.15) is 33.6 Å². The molecule has 2 bridgehead atoms. The van der Waals surface area contributed by atoms with Crippen LogP contribution in [0, 0.1) is 29.6 Å². The van der Waals surface area contributed by atoms with Crippen molar-refractivity contribution in [1.82, 2.24) is 4.90 Å². The highest BCUT2D eigenvalue weighted by atomic mass is 15.2. The molecule has 2 saturated carbocycles. The standard InChI is InChI=1S/C13H23N/c1-7(2)13-10-5-9-6-11(14(13)4)8(3)12(9)10/h7-13H,5-6H2,1-4H3/t8?,9?,10?,11?,12?,13-/m1/s1. The SMILES string of the molecule is CC1C2C3CC2[C@@H](C(C)C)N(C)C1C3. The van der Waals surface area contributed by atoms with Crippen LogP contribution in [-0.4, -0.2) is 24.0 Å². The number of fused-ring (bicyclic) bond motifs is 1. The van der Waals surface area contributed by atoms with Gasteiger partial charge in [-0.3, -0.25) is 4.90 Å². The first kappa shape index (κ1) is 9.21. The molecule has 0 radical (unpaired) electrons. The van der Waals surface area contributed by atoms with E-state index in [-0.39, 0.29) is 0 Å². The normalized spacial score (nSPS) is 56.4. The monoisotopic (exact) mass is 193 g/mol. The minimum absolute atomic E-state index is 0.849. The van der Waals surface area contributed by atoms with Crippen LogP contribution in [0.5, 0.6) is 0 Å². The molecule has 1 nitrogen and oxygen atoms in total. The molecule has 0 aromatic rings. The van der Waals surface area contributed by atoms with Gasteiger partial charge in [0.1, 0.15) is 0 Å². The molecule has 3 aliphatic rings. The summed E-state index contributed by atoms with van der Waals surface area (Å²) in [6.07, 6.45) is 3.04. The van der Waals surface area contributed by atoms with Gasteiger partial charge in [0.05, 0.1) is 0 Å². The van der Waals surface area contributed by atoms with Gasteiger partial charge in [-0.25, -0.2) is 0 Å². The van der Waals surface area contributed by atoms with Gasteiger partial charge in [0.2, 0.25) is 0 Å². The van der Waals surface area contributed by atoms with E-state index in [2.05, 4.69) is 32.7 Å². The van der Waals surface area contributed by atoms with Crippen molar-refractivity contribution in [3.63, 3.8) is 0 Å². The molecule has 80 valence electrons. The summed E-state index contributed by atoms with van der Waals surface area (Å²) in [5.41, 5.74) is 0. The molecule has 14 heavy (non-hydrogen) atoms. The van der Waals surface area contributed by atoms with Crippen LogP contribution in [0.4, 0.5) is 0 Å². The highest BCUT2D eigenvalue weighted by Gasteiger charge is 2.60. The zero-order valence-corrected chi connectivity index (χ0v) is 9.90. The summed E-state index contributed by atoms with van der Waals surface area (Å²) < 4.78 is 0. The van der Waals surface area contributed by atoms with Gasteiger partial charge in [-0.05, 0) is 49.5 Å². The number of hydrogen-bond donors (Lipinski definition) is 0. The second-order valence-corrected chi connectivity index (χ2v) is 6.30. The van der Waals surface area contributed by atoms with E-state index >= 15 is 0 Å². The maximum absolute atomic E-state index is 2.73. The minimum atomic E-state index is 0.849. The Balaban J connectivity index is 1.92. The number of piperidine rings is 1. The summed E-state index contributed by atoms with van der Waals surface area (Å²) in [7, 11) is 2.38. The van der Waals surface area contributed by atoms with Crippen LogP contribution in [0.25, 0.3) is 0 Å². The molecule has 5 unspecified atom stereocenters. The van der Waals surface area contributed by atoms with Gasteiger partial charge in [0, 0.05) is 12.1 Å². The Bertz CT molecular complexity index is 246. The quantitative estimate of drug-likeness (QED) is 0.619. The zero-order chi connectivity index (χ0) is 10.0. The summed E-state index contributed by atoms with van der Waals surface area (Å²) in [6, 6.07) is 1.80. The molecule has 2 aliphatic carbocycles. The lowest BCUT2D eigenvalue weighted by molar-refractivity contribution is -0.0602. The Morgan fingerprint density at radius 1 is 1.21 bits per heavy atom. The van der Waals surface area contributed by atoms with Crippen LogP contribution >= 0.6 is 0 Å². The minimum Gasteiger partial charge on any atom is -0.300 e. The summed E-state index contributed by atoms with van der Waals surface area (Å²) in [4.78, 5) is 2.73. The first-order valence-corrected chi connectivity index (χ1v) is 6.33. The molecular formula is C13H23N. The molecular weight excluding hydrogens is 170 g/mol. The van der Waals surface area contributed by atoms with Crippen molar-refractivity contribution in [3.8, 4) is 0 Å². The number of hydrogen-bond acceptors (Lipinski definition) is 1. The lowest BCUT2D eigenvalue weighted by atomic mass is 9.58. The number of rotatable bonds is 1. The van der Waals surface area contributed by atoms with Crippen LogP contribution in [0.2, 0.25) is 0 Å².